The van der Waals surface area contributed by atoms with Crippen molar-refractivity contribution in [2.75, 3.05) is 31.1 Å². The molecule has 3 aromatic rings. The highest BCUT2D eigenvalue weighted by Crippen LogP contribution is 2.30. The zero-order chi connectivity index (χ0) is 17.9. The minimum absolute atomic E-state index is 0.764. The van der Waals surface area contributed by atoms with Crippen LogP contribution in [0.15, 0.2) is 53.9 Å². The number of piperazine rings is 1. The normalized spacial score (nSPS) is 15.4. The molecule has 0 amide bonds. The van der Waals surface area contributed by atoms with Gasteiger partial charge in [0.25, 0.3) is 0 Å². The molecular formula is C21H22ClN3S. The average Bonchev–Trinajstić information content (AvgIpc) is 3.11. The maximum Gasteiger partial charge on any atom is 0.125 e. The van der Waals surface area contributed by atoms with Gasteiger partial charge in [0.05, 0.1) is 10.7 Å². The van der Waals surface area contributed by atoms with Crippen molar-refractivity contribution in [2.45, 2.75) is 13.5 Å². The minimum atomic E-state index is 0.764. The summed E-state index contributed by atoms with van der Waals surface area (Å²) in [6.07, 6.45) is 0. The van der Waals surface area contributed by atoms with Crippen molar-refractivity contribution < 1.29 is 0 Å². The molecule has 0 atom stereocenters. The molecule has 5 heteroatoms. The van der Waals surface area contributed by atoms with Crippen LogP contribution in [-0.2, 0) is 6.54 Å². The van der Waals surface area contributed by atoms with Crippen LogP contribution < -0.4 is 4.90 Å². The number of para-hydroxylation sites is 1. The van der Waals surface area contributed by atoms with E-state index < -0.39 is 0 Å². The quantitative estimate of drug-likeness (QED) is 0.625. The number of thiazole rings is 1. The molecule has 0 saturated carbocycles. The lowest BCUT2D eigenvalue weighted by atomic mass is 10.1. The van der Waals surface area contributed by atoms with Crippen molar-refractivity contribution in [3.8, 4) is 10.6 Å². The molecule has 2 aromatic carbocycles. The van der Waals surface area contributed by atoms with Gasteiger partial charge in [-0.2, -0.15) is 0 Å². The lowest BCUT2D eigenvalue weighted by Gasteiger charge is -2.36. The van der Waals surface area contributed by atoms with Crippen molar-refractivity contribution >= 4 is 28.6 Å². The maximum absolute atomic E-state index is 6.30. The third kappa shape index (κ3) is 3.78. The fraction of sp³-hybridized carbons (Fsp3) is 0.286. The fourth-order valence-electron chi connectivity index (χ4n) is 3.43. The Morgan fingerprint density at radius 2 is 1.73 bits per heavy atom. The monoisotopic (exact) mass is 383 g/mol. The van der Waals surface area contributed by atoms with Crippen LogP contribution in [0.2, 0.25) is 5.02 Å². The van der Waals surface area contributed by atoms with E-state index in [0.717, 1.165) is 54.0 Å². The number of rotatable bonds is 4. The van der Waals surface area contributed by atoms with Gasteiger partial charge in [0, 0.05) is 49.4 Å². The summed E-state index contributed by atoms with van der Waals surface area (Å²) in [6.45, 7) is 7.34. The first-order valence-corrected chi connectivity index (χ1v) is 10.2. The highest BCUT2D eigenvalue weighted by molar-refractivity contribution is 7.13. The smallest absolute Gasteiger partial charge is 0.125 e. The molecule has 0 aliphatic carbocycles. The first-order valence-electron chi connectivity index (χ1n) is 8.93. The van der Waals surface area contributed by atoms with Crippen LogP contribution in [0.4, 0.5) is 5.69 Å². The minimum Gasteiger partial charge on any atom is -0.369 e. The highest BCUT2D eigenvalue weighted by Gasteiger charge is 2.19. The lowest BCUT2D eigenvalue weighted by molar-refractivity contribution is 0.247. The third-order valence-electron chi connectivity index (χ3n) is 4.87. The van der Waals surface area contributed by atoms with Crippen molar-refractivity contribution in [1.82, 2.24) is 9.88 Å². The molecule has 1 fully saturated rings. The standard InChI is InChI=1S/C21H22ClN3S/c1-16-6-2-5-9-20(16)25-12-10-24(11-13-25)14-17-15-26-21(23-17)18-7-3-4-8-19(18)22/h2-9,15H,10-14H2,1H3. The van der Waals surface area contributed by atoms with Crippen LogP contribution in [0, 0.1) is 6.92 Å². The highest BCUT2D eigenvalue weighted by atomic mass is 35.5. The maximum atomic E-state index is 6.30. The number of aromatic nitrogens is 1. The summed E-state index contributed by atoms with van der Waals surface area (Å²) >= 11 is 7.97. The van der Waals surface area contributed by atoms with E-state index in [9.17, 15) is 0 Å². The van der Waals surface area contributed by atoms with Gasteiger partial charge in [-0.05, 0) is 24.6 Å². The van der Waals surface area contributed by atoms with E-state index in [0.29, 0.717) is 0 Å². The summed E-state index contributed by atoms with van der Waals surface area (Å²) in [5, 5.41) is 3.93. The Labute approximate surface area is 163 Å². The molecule has 1 aliphatic rings. The Balaban J connectivity index is 1.38. The van der Waals surface area contributed by atoms with Gasteiger partial charge < -0.3 is 4.90 Å². The van der Waals surface area contributed by atoms with Crippen LogP contribution in [0.3, 0.4) is 0 Å². The molecule has 1 aliphatic heterocycles. The van der Waals surface area contributed by atoms with Gasteiger partial charge in [0.15, 0.2) is 0 Å². The van der Waals surface area contributed by atoms with Crippen LogP contribution in [0.1, 0.15) is 11.3 Å². The summed E-state index contributed by atoms with van der Waals surface area (Å²) in [7, 11) is 0. The van der Waals surface area contributed by atoms with Gasteiger partial charge in [-0.15, -0.1) is 11.3 Å². The third-order valence-corrected chi connectivity index (χ3v) is 6.12. The molecule has 0 bridgehead atoms. The molecule has 26 heavy (non-hydrogen) atoms. The van der Waals surface area contributed by atoms with E-state index in [1.165, 1.54) is 11.3 Å². The summed E-state index contributed by atoms with van der Waals surface area (Å²) < 4.78 is 0. The average molecular weight is 384 g/mol. The van der Waals surface area contributed by atoms with Crippen LogP contribution in [-0.4, -0.2) is 36.1 Å². The summed E-state index contributed by atoms with van der Waals surface area (Å²) in [5.74, 6) is 0. The van der Waals surface area contributed by atoms with Crippen LogP contribution in [0.5, 0.6) is 0 Å². The summed E-state index contributed by atoms with van der Waals surface area (Å²) in [4.78, 5) is 9.78. The van der Waals surface area contributed by atoms with Gasteiger partial charge >= 0.3 is 0 Å². The predicted molar refractivity (Wildman–Crippen MR) is 111 cm³/mol. The molecule has 134 valence electrons. The van der Waals surface area contributed by atoms with Gasteiger partial charge in [0.1, 0.15) is 5.01 Å². The molecular weight excluding hydrogens is 362 g/mol. The largest absolute Gasteiger partial charge is 0.369 e. The molecule has 0 unspecified atom stereocenters. The van der Waals surface area contributed by atoms with Crippen LogP contribution in [0.25, 0.3) is 10.6 Å². The molecule has 3 nitrogen and oxygen atoms in total. The second-order valence-electron chi connectivity index (χ2n) is 6.67. The van der Waals surface area contributed by atoms with E-state index in [1.807, 2.05) is 24.3 Å². The van der Waals surface area contributed by atoms with E-state index in [1.54, 1.807) is 11.3 Å². The topological polar surface area (TPSA) is 19.4 Å². The molecule has 4 rings (SSSR count). The Bertz CT molecular complexity index is 884. The second-order valence-corrected chi connectivity index (χ2v) is 7.94. The molecule has 1 saturated heterocycles. The molecule has 0 radical (unpaired) electrons. The van der Waals surface area contributed by atoms with Gasteiger partial charge in [-0.1, -0.05) is 48.0 Å². The number of anilines is 1. The fourth-order valence-corrected chi connectivity index (χ4v) is 4.56. The second kappa shape index (κ2) is 7.78. The zero-order valence-electron chi connectivity index (χ0n) is 14.9. The lowest BCUT2D eigenvalue weighted by Crippen LogP contribution is -2.46. The first-order chi connectivity index (χ1) is 12.7. The summed E-state index contributed by atoms with van der Waals surface area (Å²) in [5.41, 5.74) is 4.87. The number of halogens is 1. The van der Waals surface area contributed by atoms with Crippen LogP contribution >= 0.6 is 22.9 Å². The van der Waals surface area contributed by atoms with Crippen molar-refractivity contribution in [3.05, 3.63) is 70.2 Å². The Morgan fingerprint density at radius 3 is 2.50 bits per heavy atom. The van der Waals surface area contributed by atoms with Gasteiger partial charge in [-0.3, -0.25) is 4.90 Å². The van der Waals surface area contributed by atoms with Crippen molar-refractivity contribution in [2.24, 2.45) is 0 Å². The van der Waals surface area contributed by atoms with Gasteiger partial charge in [-0.25, -0.2) is 4.98 Å². The van der Waals surface area contributed by atoms with E-state index in [4.69, 9.17) is 16.6 Å². The van der Waals surface area contributed by atoms with Crippen molar-refractivity contribution in [1.29, 1.82) is 0 Å². The van der Waals surface area contributed by atoms with Crippen molar-refractivity contribution in [3.63, 3.8) is 0 Å². The molecule has 0 spiro atoms. The number of nitrogens with zero attached hydrogens (tertiary/aromatic N) is 3. The number of hydrogen-bond acceptors (Lipinski definition) is 4. The summed E-state index contributed by atoms with van der Waals surface area (Å²) in [6, 6.07) is 16.6. The SMILES string of the molecule is Cc1ccccc1N1CCN(Cc2csc(-c3ccccc3Cl)n2)CC1. The molecule has 0 N–H and O–H groups in total. The number of aryl methyl sites for hydroxylation is 1. The number of benzene rings is 2. The zero-order valence-corrected chi connectivity index (χ0v) is 16.4. The first kappa shape index (κ1) is 17.5. The number of hydrogen-bond donors (Lipinski definition) is 0. The predicted octanol–water partition coefficient (Wildman–Crippen LogP) is 5.09. The Morgan fingerprint density at radius 1 is 1.00 bits per heavy atom. The Hall–Kier alpha value is -1.88. The molecule has 1 aromatic heterocycles. The van der Waals surface area contributed by atoms with E-state index in [2.05, 4.69) is 46.4 Å². The Kier molecular flexibility index (Phi) is 5.25. The molecule has 2 heterocycles. The van der Waals surface area contributed by atoms with E-state index in [-0.39, 0.29) is 0 Å². The van der Waals surface area contributed by atoms with Gasteiger partial charge in [0.2, 0.25) is 0 Å². The van der Waals surface area contributed by atoms with E-state index >= 15 is 0 Å².